The predicted octanol–water partition coefficient (Wildman–Crippen LogP) is 1.60. The van der Waals surface area contributed by atoms with Gasteiger partial charge in [0.05, 0.1) is 18.9 Å². The Kier molecular flexibility index (Phi) is 4.15. The van der Waals surface area contributed by atoms with E-state index < -0.39 is 0 Å². The molecule has 0 radical (unpaired) electrons. The van der Waals surface area contributed by atoms with Crippen LogP contribution in [0.1, 0.15) is 16.7 Å². The number of furan rings is 1. The summed E-state index contributed by atoms with van der Waals surface area (Å²) in [4.78, 5) is 11.7. The highest BCUT2D eigenvalue weighted by atomic mass is 16.3. The molecule has 1 aromatic carbocycles. The molecule has 2 rings (SSSR count). The highest BCUT2D eigenvalue weighted by Crippen LogP contribution is 2.05. The molecular formula is C14H16N2O2. The average Bonchev–Trinajstić information content (AvgIpc) is 2.90. The largest absolute Gasteiger partial charge is 0.472 e. The van der Waals surface area contributed by atoms with Crippen LogP contribution in [0.4, 0.5) is 0 Å². The van der Waals surface area contributed by atoms with Gasteiger partial charge in [0.25, 0.3) is 0 Å². The second kappa shape index (κ2) is 6.02. The molecular weight excluding hydrogens is 228 g/mol. The molecule has 4 nitrogen and oxygen atoms in total. The number of benzene rings is 1. The van der Waals surface area contributed by atoms with Gasteiger partial charge >= 0.3 is 0 Å². The molecule has 18 heavy (non-hydrogen) atoms. The maximum absolute atomic E-state index is 11.7. The fourth-order valence-electron chi connectivity index (χ4n) is 1.63. The van der Waals surface area contributed by atoms with Gasteiger partial charge in [0.15, 0.2) is 0 Å². The van der Waals surface area contributed by atoms with Crippen LogP contribution in [0, 0.1) is 0 Å². The van der Waals surface area contributed by atoms with Crippen LogP contribution in [0.2, 0.25) is 0 Å². The van der Waals surface area contributed by atoms with Gasteiger partial charge in [0.2, 0.25) is 5.91 Å². The van der Waals surface area contributed by atoms with E-state index in [1.54, 1.807) is 12.5 Å². The standard InChI is InChI=1S/C14H16N2O2/c15-8-12-3-1-11(2-4-12)7-14(17)16-9-13-5-6-18-10-13/h1-6,10H,7-9,15H2,(H,16,17). The molecule has 0 saturated heterocycles. The zero-order chi connectivity index (χ0) is 12.8. The number of carbonyl (C=O) groups excluding carboxylic acids is 1. The lowest BCUT2D eigenvalue weighted by Gasteiger charge is -2.04. The highest BCUT2D eigenvalue weighted by Gasteiger charge is 2.03. The van der Waals surface area contributed by atoms with Gasteiger partial charge in [-0.05, 0) is 17.2 Å². The molecule has 0 spiro atoms. The Labute approximate surface area is 106 Å². The molecule has 0 unspecified atom stereocenters. The van der Waals surface area contributed by atoms with E-state index in [-0.39, 0.29) is 5.91 Å². The monoisotopic (exact) mass is 244 g/mol. The number of nitrogens with two attached hydrogens (primary N) is 1. The minimum atomic E-state index is -0.00306. The van der Waals surface area contributed by atoms with E-state index in [2.05, 4.69) is 5.32 Å². The molecule has 1 amide bonds. The third-order valence-corrected chi connectivity index (χ3v) is 2.69. The first-order valence-electron chi connectivity index (χ1n) is 5.83. The minimum Gasteiger partial charge on any atom is -0.472 e. The lowest BCUT2D eigenvalue weighted by Crippen LogP contribution is -2.24. The van der Waals surface area contributed by atoms with Crippen molar-refractivity contribution in [1.29, 1.82) is 0 Å². The highest BCUT2D eigenvalue weighted by molar-refractivity contribution is 5.78. The molecule has 2 aromatic rings. The summed E-state index contributed by atoms with van der Waals surface area (Å²) in [7, 11) is 0. The Hall–Kier alpha value is -2.07. The Bertz CT molecular complexity index is 489. The van der Waals surface area contributed by atoms with E-state index in [9.17, 15) is 4.79 Å². The topological polar surface area (TPSA) is 68.3 Å². The summed E-state index contributed by atoms with van der Waals surface area (Å²) >= 11 is 0. The van der Waals surface area contributed by atoms with Crippen LogP contribution in [-0.4, -0.2) is 5.91 Å². The van der Waals surface area contributed by atoms with Gasteiger partial charge in [0, 0.05) is 18.7 Å². The number of rotatable bonds is 5. The molecule has 1 aromatic heterocycles. The van der Waals surface area contributed by atoms with Crippen molar-refractivity contribution in [3.05, 3.63) is 59.5 Å². The normalized spacial score (nSPS) is 10.3. The fraction of sp³-hybridized carbons (Fsp3) is 0.214. The summed E-state index contributed by atoms with van der Waals surface area (Å²) in [6, 6.07) is 9.58. The summed E-state index contributed by atoms with van der Waals surface area (Å²) in [6.07, 6.45) is 3.59. The Balaban J connectivity index is 1.83. The fourth-order valence-corrected chi connectivity index (χ4v) is 1.63. The molecule has 0 fully saturated rings. The molecule has 3 N–H and O–H groups in total. The SMILES string of the molecule is NCc1ccc(CC(=O)NCc2ccoc2)cc1. The van der Waals surface area contributed by atoms with Gasteiger partial charge in [-0.15, -0.1) is 0 Å². The van der Waals surface area contributed by atoms with Crippen LogP contribution in [0.15, 0.2) is 47.3 Å². The van der Waals surface area contributed by atoms with Gasteiger partial charge in [-0.3, -0.25) is 4.79 Å². The first-order chi connectivity index (χ1) is 8.78. The molecule has 4 heteroatoms. The minimum absolute atomic E-state index is 0.00306. The molecule has 0 bridgehead atoms. The van der Waals surface area contributed by atoms with E-state index in [0.717, 1.165) is 16.7 Å². The Morgan fingerprint density at radius 3 is 2.44 bits per heavy atom. The Morgan fingerprint density at radius 1 is 1.11 bits per heavy atom. The number of nitrogens with one attached hydrogen (secondary N) is 1. The zero-order valence-electron chi connectivity index (χ0n) is 10.1. The number of carbonyl (C=O) groups is 1. The summed E-state index contributed by atoms with van der Waals surface area (Å²) in [5.74, 6) is -0.00306. The maximum Gasteiger partial charge on any atom is 0.224 e. The van der Waals surface area contributed by atoms with Crippen molar-refractivity contribution in [2.24, 2.45) is 5.73 Å². The average molecular weight is 244 g/mol. The number of hydrogen-bond donors (Lipinski definition) is 2. The van der Waals surface area contributed by atoms with E-state index in [1.807, 2.05) is 30.3 Å². The van der Waals surface area contributed by atoms with Crippen LogP contribution in [-0.2, 0) is 24.3 Å². The molecule has 0 aliphatic carbocycles. The van der Waals surface area contributed by atoms with E-state index in [4.69, 9.17) is 10.2 Å². The molecule has 0 atom stereocenters. The van der Waals surface area contributed by atoms with Crippen LogP contribution in [0.3, 0.4) is 0 Å². The van der Waals surface area contributed by atoms with Crippen molar-refractivity contribution in [3.8, 4) is 0 Å². The molecule has 0 saturated carbocycles. The van der Waals surface area contributed by atoms with Crippen molar-refractivity contribution < 1.29 is 9.21 Å². The van der Waals surface area contributed by atoms with E-state index in [1.165, 1.54) is 0 Å². The van der Waals surface area contributed by atoms with Crippen LogP contribution < -0.4 is 11.1 Å². The molecule has 1 heterocycles. The lowest BCUT2D eigenvalue weighted by molar-refractivity contribution is -0.120. The summed E-state index contributed by atoms with van der Waals surface area (Å²) in [5, 5.41) is 2.84. The maximum atomic E-state index is 11.7. The smallest absolute Gasteiger partial charge is 0.224 e. The van der Waals surface area contributed by atoms with E-state index >= 15 is 0 Å². The van der Waals surface area contributed by atoms with Gasteiger partial charge in [0.1, 0.15) is 0 Å². The van der Waals surface area contributed by atoms with E-state index in [0.29, 0.717) is 19.5 Å². The summed E-state index contributed by atoms with van der Waals surface area (Å²) < 4.78 is 4.93. The van der Waals surface area contributed by atoms with Crippen molar-refractivity contribution in [2.75, 3.05) is 0 Å². The van der Waals surface area contributed by atoms with Gasteiger partial charge in [-0.25, -0.2) is 0 Å². The summed E-state index contributed by atoms with van der Waals surface area (Å²) in [6.45, 7) is 1.02. The zero-order valence-corrected chi connectivity index (χ0v) is 10.1. The van der Waals surface area contributed by atoms with Gasteiger partial charge in [-0.2, -0.15) is 0 Å². The van der Waals surface area contributed by atoms with Crippen LogP contribution in [0.25, 0.3) is 0 Å². The number of amides is 1. The lowest BCUT2D eigenvalue weighted by atomic mass is 10.1. The summed E-state index contributed by atoms with van der Waals surface area (Å²) in [5.41, 5.74) is 8.53. The van der Waals surface area contributed by atoms with Crippen molar-refractivity contribution in [1.82, 2.24) is 5.32 Å². The molecule has 0 aliphatic rings. The second-order valence-corrected chi connectivity index (χ2v) is 4.11. The van der Waals surface area contributed by atoms with Gasteiger partial charge < -0.3 is 15.5 Å². The first kappa shape index (κ1) is 12.4. The van der Waals surface area contributed by atoms with Crippen molar-refractivity contribution >= 4 is 5.91 Å². The third-order valence-electron chi connectivity index (χ3n) is 2.69. The number of hydrogen-bond acceptors (Lipinski definition) is 3. The van der Waals surface area contributed by atoms with Crippen LogP contribution >= 0.6 is 0 Å². The molecule has 94 valence electrons. The Morgan fingerprint density at radius 2 is 1.83 bits per heavy atom. The first-order valence-corrected chi connectivity index (χ1v) is 5.83. The van der Waals surface area contributed by atoms with Crippen molar-refractivity contribution in [3.63, 3.8) is 0 Å². The second-order valence-electron chi connectivity index (χ2n) is 4.11. The third kappa shape index (κ3) is 3.46. The predicted molar refractivity (Wildman–Crippen MR) is 68.6 cm³/mol. The van der Waals surface area contributed by atoms with Gasteiger partial charge in [-0.1, -0.05) is 24.3 Å². The van der Waals surface area contributed by atoms with Crippen LogP contribution in [0.5, 0.6) is 0 Å². The molecule has 0 aliphatic heterocycles. The quantitative estimate of drug-likeness (QED) is 0.839. The van der Waals surface area contributed by atoms with Crippen molar-refractivity contribution in [2.45, 2.75) is 19.5 Å².